The molecular weight excluding hydrogens is 176 g/mol. The average Bonchev–Trinajstić information content (AvgIpc) is 2.15. The zero-order chi connectivity index (χ0) is 10.7. The highest BCUT2D eigenvalue weighted by atomic mass is 16.3. The molecule has 3 N–H and O–H groups in total. The average molecular weight is 190 g/mol. The molecule has 3 nitrogen and oxygen atoms in total. The fourth-order valence-electron chi connectivity index (χ4n) is 1.33. The molecule has 3 heteroatoms. The lowest BCUT2D eigenvalue weighted by Crippen LogP contribution is -2.10. The summed E-state index contributed by atoms with van der Waals surface area (Å²) in [6, 6.07) is 5.27. The van der Waals surface area contributed by atoms with Crippen LogP contribution in [0.15, 0.2) is 12.1 Å². The monoisotopic (exact) mass is 190 g/mol. The summed E-state index contributed by atoms with van der Waals surface area (Å²) in [7, 11) is 0. The number of nitriles is 1. The molecule has 1 aromatic carbocycles. The van der Waals surface area contributed by atoms with E-state index in [-0.39, 0.29) is 12.2 Å². The molecule has 14 heavy (non-hydrogen) atoms. The topological polar surface area (TPSA) is 70.0 Å². The number of nitrogens with two attached hydrogens (primary N) is 1. The van der Waals surface area contributed by atoms with Crippen LogP contribution >= 0.6 is 0 Å². The number of aromatic hydroxyl groups is 1. The van der Waals surface area contributed by atoms with Crippen molar-refractivity contribution in [3.05, 3.63) is 28.8 Å². The van der Waals surface area contributed by atoms with Gasteiger partial charge in [0.1, 0.15) is 5.75 Å². The largest absolute Gasteiger partial charge is 0.507 e. The minimum absolute atomic E-state index is 0.216. The van der Waals surface area contributed by atoms with Gasteiger partial charge in [-0.3, -0.25) is 0 Å². The van der Waals surface area contributed by atoms with Crippen molar-refractivity contribution in [1.29, 1.82) is 5.26 Å². The normalized spacial score (nSPS) is 12.1. The van der Waals surface area contributed by atoms with Crippen molar-refractivity contribution in [2.24, 2.45) is 5.73 Å². The summed E-state index contributed by atoms with van der Waals surface area (Å²) in [6.45, 7) is 3.77. The number of nitrogens with zero attached hydrogens (tertiary/aromatic N) is 1. The van der Waals surface area contributed by atoms with Crippen LogP contribution in [0.4, 0.5) is 0 Å². The number of hydrogen-bond acceptors (Lipinski definition) is 3. The third-order valence-electron chi connectivity index (χ3n) is 2.44. The highest BCUT2D eigenvalue weighted by Gasteiger charge is 2.12. The first kappa shape index (κ1) is 10.6. The third-order valence-corrected chi connectivity index (χ3v) is 2.44. The van der Waals surface area contributed by atoms with E-state index in [1.807, 2.05) is 26.0 Å². The van der Waals surface area contributed by atoms with Crippen LogP contribution in [-0.4, -0.2) is 5.11 Å². The maximum atomic E-state index is 9.79. The van der Waals surface area contributed by atoms with Gasteiger partial charge < -0.3 is 10.8 Å². The van der Waals surface area contributed by atoms with E-state index in [0.717, 1.165) is 11.1 Å². The van der Waals surface area contributed by atoms with Gasteiger partial charge in [0, 0.05) is 11.6 Å². The van der Waals surface area contributed by atoms with Gasteiger partial charge in [-0.1, -0.05) is 12.1 Å². The summed E-state index contributed by atoms with van der Waals surface area (Å²) >= 11 is 0. The number of hydrogen-bond donors (Lipinski definition) is 2. The molecule has 0 aliphatic heterocycles. The number of benzene rings is 1. The van der Waals surface area contributed by atoms with Crippen molar-refractivity contribution < 1.29 is 5.11 Å². The Kier molecular flexibility index (Phi) is 3.10. The molecule has 0 spiro atoms. The van der Waals surface area contributed by atoms with Gasteiger partial charge in [-0.2, -0.15) is 5.26 Å². The van der Waals surface area contributed by atoms with Crippen LogP contribution in [0.2, 0.25) is 0 Å². The summed E-state index contributed by atoms with van der Waals surface area (Å²) < 4.78 is 0. The smallest absolute Gasteiger partial charge is 0.123 e. The van der Waals surface area contributed by atoms with Crippen molar-refractivity contribution in [3.63, 3.8) is 0 Å². The molecule has 1 rings (SSSR count). The van der Waals surface area contributed by atoms with E-state index in [0.29, 0.717) is 5.56 Å². The first-order chi connectivity index (χ1) is 6.57. The molecule has 0 aromatic heterocycles. The number of phenols is 1. The van der Waals surface area contributed by atoms with Crippen LogP contribution in [0.1, 0.15) is 29.2 Å². The van der Waals surface area contributed by atoms with Crippen LogP contribution < -0.4 is 5.73 Å². The molecule has 0 heterocycles. The fourth-order valence-corrected chi connectivity index (χ4v) is 1.33. The van der Waals surface area contributed by atoms with Crippen LogP contribution in [-0.2, 0) is 0 Å². The SMILES string of the molecule is Cc1ccc([C@H](N)CC#N)c(O)c1C. The molecule has 0 saturated heterocycles. The van der Waals surface area contributed by atoms with E-state index in [2.05, 4.69) is 0 Å². The second-order valence-electron chi connectivity index (χ2n) is 3.41. The van der Waals surface area contributed by atoms with Gasteiger partial charge in [-0.15, -0.1) is 0 Å². The highest BCUT2D eigenvalue weighted by Crippen LogP contribution is 2.29. The maximum Gasteiger partial charge on any atom is 0.123 e. The molecule has 0 bridgehead atoms. The van der Waals surface area contributed by atoms with Gasteiger partial charge in [0.25, 0.3) is 0 Å². The predicted molar refractivity (Wildman–Crippen MR) is 54.7 cm³/mol. The number of aryl methyl sites for hydroxylation is 1. The summed E-state index contributed by atoms with van der Waals surface area (Å²) in [6.07, 6.45) is 0.218. The number of rotatable bonds is 2. The van der Waals surface area contributed by atoms with E-state index in [1.165, 1.54) is 0 Å². The molecular formula is C11H14N2O. The minimum Gasteiger partial charge on any atom is -0.507 e. The van der Waals surface area contributed by atoms with Gasteiger partial charge in [0.15, 0.2) is 0 Å². The molecule has 1 aromatic rings. The van der Waals surface area contributed by atoms with Crippen molar-refractivity contribution in [1.82, 2.24) is 0 Å². The Morgan fingerprint density at radius 1 is 1.50 bits per heavy atom. The first-order valence-electron chi connectivity index (χ1n) is 4.49. The molecule has 0 aliphatic rings. The summed E-state index contributed by atoms with van der Waals surface area (Å²) in [5.41, 5.74) is 8.24. The van der Waals surface area contributed by atoms with Gasteiger partial charge in [0.05, 0.1) is 12.5 Å². The Labute approximate surface area is 83.8 Å². The number of phenolic OH excluding ortho intramolecular Hbond substituents is 1. The van der Waals surface area contributed by atoms with Gasteiger partial charge >= 0.3 is 0 Å². The second-order valence-corrected chi connectivity index (χ2v) is 3.41. The van der Waals surface area contributed by atoms with E-state index in [1.54, 1.807) is 6.07 Å². The lowest BCUT2D eigenvalue weighted by atomic mass is 9.98. The molecule has 1 atom stereocenters. The molecule has 0 radical (unpaired) electrons. The minimum atomic E-state index is -0.403. The van der Waals surface area contributed by atoms with Crippen LogP contribution in [0.5, 0.6) is 5.75 Å². The molecule has 0 amide bonds. The van der Waals surface area contributed by atoms with Crippen LogP contribution in [0, 0.1) is 25.2 Å². The lowest BCUT2D eigenvalue weighted by molar-refractivity contribution is 0.457. The van der Waals surface area contributed by atoms with E-state index < -0.39 is 6.04 Å². The molecule has 0 aliphatic carbocycles. The summed E-state index contributed by atoms with van der Waals surface area (Å²) in [5, 5.41) is 18.3. The Morgan fingerprint density at radius 3 is 2.71 bits per heavy atom. The van der Waals surface area contributed by atoms with E-state index in [4.69, 9.17) is 11.0 Å². The van der Waals surface area contributed by atoms with Gasteiger partial charge in [-0.05, 0) is 25.0 Å². The van der Waals surface area contributed by atoms with Crippen molar-refractivity contribution in [2.45, 2.75) is 26.3 Å². The van der Waals surface area contributed by atoms with E-state index in [9.17, 15) is 5.11 Å². The van der Waals surface area contributed by atoms with Crippen LogP contribution in [0.3, 0.4) is 0 Å². The van der Waals surface area contributed by atoms with Crippen molar-refractivity contribution >= 4 is 0 Å². The summed E-state index contributed by atoms with van der Waals surface area (Å²) in [4.78, 5) is 0. The van der Waals surface area contributed by atoms with Crippen molar-refractivity contribution in [3.8, 4) is 11.8 Å². The molecule has 0 fully saturated rings. The standard InChI is InChI=1S/C11H14N2O/c1-7-3-4-9(10(13)5-6-12)11(14)8(7)2/h3-4,10,14H,5,13H2,1-2H3/t10-/m1/s1. The van der Waals surface area contributed by atoms with Crippen molar-refractivity contribution in [2.75, 3.05) is 0 Å². The van der Waals surface area contributed by atoms with E-state index >= 15 is 0 Å². The maximum absolute atomic E-state index is 9.79. The Morgan fingerprint density at radius 2 is 2.14 bits per heavy atom. The third kappa shape index (κ3) is 1.86. The Bertz CT molecular complexity index is 380. The predicted octanol–water partition coefficient (Wildman–Crippen LogP) is 1.92. The highest BCUT2D eigenvalue weighted by molar-refractivity contribution is 5.45. The Hall–Kier alpha value is -1.53. The second kappa shape index (κ2) is 4.12. The fraction of sp³-hybridized carbons (Fsp3) is 0.364. The van der Waals surface area contributed by atoms with Gasteiger partial charge in [0.2, 0.25) is 0 Å². The zero-order valence-electron chi connectivity index (χ0n) is 8.41. The zero-order valence-corrected chi connectivity index (χ0v) is 8.41. The summed E-state index contributed by atoms with van der Waals surface area (Å²) in [5.74, 6) is 0.216. The first-order valence-corrected chi connectivity index (χ1v) is 4.49. The lowest BCUT2D eigenvalue weighted by Gasteiger charge is -2.13. The van der Waals surface area contributed by atoms with Gasteiger partial charge in [-0.25, -0.2) is 0 Å². The molecule has 0 unspecified atom stereocenters. The quantitative estimate of drug-likeness (QED) is 0.748. The molecule has 74 valence electrons. The van der Waals surface area contributed by atoms with Crippen LogP contribution in [0.25, 0.3) is 0 Å². The molecule has 0 saturated carbocycles. The Balaban J connectivity index is 3.12.